The predicted molar refractivity (Wildman–Crippen MR) is 94.8 cm³/mol. The molecule has 8 heteroatoms. The molecule has 1 heterocycles. The molecule has 25 heavy (non-hydrogen) atoms. The van der Waals surface area contributed by atoms with Crippen molar-refractivity contribution < 1.29 is 14.5 Å². The lowest BCUT2D eigenvalue weighted by atomic mass is 10.1. The van der Waals surface area contributed by atoms with Gasteiger partial charge in [-0.2, -0.15) is 0 Å². The van der Waals surface area contributed by atoms with Gasteiger partial charge in [0.2, 0.25) is 0 Å². The van der Waals surface area contributed by atoms with Crippen molar-refractivity contribution in [3.63, 3.8) is 0 Å². The maximum Gasteiger partial charge on any atom is 0.270 e. The summed E-state index contributed by atoms with van der Waals surface area (Å²) >= 11 is 6.11. The van der Waals surface area contributed by atoms with E-state index in [4.69, 9.17) is 16.3 Å². The van der Waals surface area contributed by atoms with Crippen molar-refractivity contribution in [1.82, 2.24) is 9.47 Å². The molecule has 0 saturated carbocycles. The van der Waals surface area contributed by atoms with E-state index in [2.05, 4.69) is 0 Å². The lowest BCUT2D eigenvalue weighted by Crippen LogP contribution is -2.33. The zero-order chi connectivity index (χ0) is 18.4. The number of nitro groups is 1. The monoisotopic (exact) mass is 365 g/mol. The predicted octanol–water partition coefficient (Wildman–Crippen LogP) is 3.27. The lowest BCUT2D eigenvalue weighted by molar-refractivity contribution is -0.384. The van der Waals surface area contributed by atoms with Gasteiger partial charge in [-0.15, -0.1) is 0 Å². The van der Waals surface area contributed by atoms with Crippen molar-refractivity contribution in [2.45, 2.75) is 13.0 Å². The fourth-order valence-corrected chi connectivity index (χ4v) is 2.73. The van der Waals surface area contributed by atoms with E-state index in [1.54, 1.807) is 12.0 Å². The van der Waals surface area contributed by atoms with E-state index in [0.717, 1.165) is 5.69 Å². The Morgan fingerprint density at radius 3 is 2.72 bits per heavy atom. The van der Waals surface area contributed by atoms with E-state index in [1.807, 2.05) is 29.9 Å². The Hall–Kier alpha value is -2.38. The van der Waals surface area contributed by atoms with Crippen LogP contribution in [0.4, 0.5) is 5.69 Å². The van der Waals surface area contributed by atoms with Crippen LogP contribution < -0.4 is 0 Å². The van der Waals surface area contributed by atoms with Crippen LogP contribution in [-0.4, -0.2) is 40.6 Å². The standard InChI is InChI=1S/C17H20ClN3O4/c1-19-8-3-5-14(19)12-20(9-4-10-25-2)17(22)15-7-6-13(21(23)24)11-16(15)18/h3,5-8,11H,4,9-10,12H2,1-2H3. The Morgan fingerprint density at radius 2 is 2.16 bits per heavy atom. The smallest absolute Gasteiger partial charge is 0.270 e. The highest BCUT2D eigenvalue weighted by Gasteiger charge is 2.21. The molecule has 0 aliphatic carbocycles. The second-order valence-electron chi connectivity index (χ2n) is 5.60. The summed E-state index contributed by atoms with van der Waals surface area (Å²) in [7, 11) is 3.52. The van der Waals surface area contributed by atoms with Crippen LogP contribution in [-0.2, 0) is 18.3 Å². The molecule has 0 bridgehead atoms. The third-order valence-electron chi connectivity index (χ3n) is 3.86. The number of benzene rings is 1. The fraction of sp³-hybridized carbons (Fsp3) is 0.353. The van der Waals surface area contributed by atoms with E-state index in [1.165, 1.54) is 18.2 Å². The Bertz CT molecular complexity index is 760. The molecule has 0 saturated heterocycles. The molecule has 0 fully saturated rings. The number of methoxy groups -OCH3 is 1. The number of rotatable bonds is 8. The molecule has 2 rings (SSSR count). The second kappa shape index (κ2) is 8.64. The number of nitrogens with zero attached hydrogens (tertiary/aromatic N) is 3. The van der Waals surface area contributed by atoms with Crippen LogP contribution in [0.25, 0.3) is 0 Å². The van der Waals surface area contributed by atoms with Crippen molar-refractivity contribution in [3.8, 4) is 0 Å². The number of halogens is 1. The van der Waals surface area contributed by atoms with Crippen LogP contribution in [0, 0.1) is 10.1 Å². The maximum absolute atomic E-state index is 12.9. The Morgan fingerprint density at radius 1 is 1.40 bits per heavy atom. The minimum atomic E-state index is -0.541. The first-order valence-corrected chi connectivity index (χ1v) is 8.14. The summed E-state index contributed by atoms with van der Waals surface area (Å²) in [4.78, 5) is 24.9. The summed E-state index contributed by atoms with van der Waals surface area (Å²) in [6.07, 6.45) is 2.59. The normalized spacial score (nSPS) is 10.7. The molecular formula is C17H20ClN3O4. The third-order valence-corrected chi connectivity index (χ3v) is 4.17. The van der Waals surface area contributed by atoms with Gasteiger partial charge >= 0.3 is 0 Å². The largest absolute Gasteiger partial charge is 0.385 e. The third kappa shape index (κ3) is 4.80. The van der Waals surface area contributed by atoms with Gasteiger partial charge in [0, 0.05) is 51.3 Å². The zero-order valence-electron chi connectivity index (χ0n) is 14.1. The number of non-ortho nitro benzene ring substituents is 1. The van der Waals surface area contributed by atoms with Crippen LogP contribution in [0.1, 0.15) is 22.5 Å². The molecule has 1 aromatic heterocycles. The number of carbonyl (C=O) groups excluding carboxylic acids is 1. The average Bonchev–Trinajstić information content (AvgIpc) is 2.98. The SMILES string of the molecule is COCCCN(Cc1cccn1C)C(=O)c1ccc([N+](=O)[O-])cc1Cl. The summed E-state index contributed by atoms with van der Waals surface area (Å²) in [6, 6.07) is 7.73. The number of hydrogen-bond donors (Lipinski definition) is 0. The molecule has 0 aliphatic heterocycles. The van der Waals surface area contributed by atoms with E-state index in [-0.39, 0.29) is 22.2 Å². The molecule has 0 aliphatic rings. The van der Waals surface area contributed by atoms with Crippen LogP contribution in [0.2, 0.25) is 5.02 Å². The van der Waals surface area contributed by atoms with Gasteiger partial charge in [0.05, 0.1) is 22.1 Å². The van der Waals surface area contributed by atoms with Gasteiger partial charge in [0.25, 0.3) is 11.6 Å². The summed E-state index contributed by atoms with van der Waals surface area (Å²) in [5, 5.41) is 10.9. The first-order valence-electron chi connectivity index (χ1n) is 7.76. The fourth-order valence-electron chi connectivity index (χ4n) is 2.47. The quantitative estimate of drug-likeness (QED) is 0.408. The van der Waals surface area contributed by atoms with Crippen LogP contribution in [0.3, 0.4) is 0 Å². The summed E-state index contributed by atoms with van der Waals surface area (Å²) in [5.41, 5.74) is 1.08. The van der Waals surface area contributed by atoms with Gasteiger partial charge in [-0.25, -0.2) is 0 Å². The van der Waals surface area contributed by atoms with Crippen LogP contribution >= 0.6 is 11.6 Å². The number of aryl methyl sites for hydroxylation is 1. The van der Waals surface area contributed by atoms with Gasteiger partial charge in [-0.05, 0) is 24.6 Å². The average molecular weight is 366 g/mol. The first kappa shape index (κ1) is 19.0. The van der Waals surface area contributed by atoms with E-state index < -0.39 is 4.92 Å². The molecular weight excluding hydrogens is 346 g/mol. The minimum absolute atomic E-state index is 0.0721. The summed E-state index contributed by atoms with van der Waals surface area (Å²) in [6.45, 7) is 1.44. The van der Waals surface area contributed by atoms with Gasteiger partial charge in [0.15, 0.2) is 0 Å². The topological polar surface area (TPSA) is 77.6 Å². The molecule has 134 valence electrons. The van der Waals surface area contributed by atoms with Crippen molar-refractivity contribution in [2.75, 3.05) is 20.3 Å². The molecule has 1 amide bonds. The lowest BCUT2D eigenvalue weighted by Gasteiger charge is -2.23. The summed E-state index contributed by atoms with van der Waals surface area (Å²) in [5.74, 6) is -0.266. The van der Waals surface area contributed by atoms with Crippen molar-refractivity contribution >= 4 is 23.2 Å². The molecule has 7 nitrogen and oxygen atoms in total. The molecule has 0 atom stereocenters. The van der Waals surface area contributed by atoms with E-state index in [9.17, 15) is 14.9 Å². The molecule has 0 spiro atoms. The van der Waals surface area contributed by atoms with Crippen LogP contribution in [0.15, 0.2) is 36.5 Å². The van der Waals surface area contributed by atoms with Gasteiger partial charge < -0.3 is 14.2 Å². The number of ether oxygens (including phenoxy) is 1. The van der Waals surface area contributed by atoms with Gasteiger partial charge in [-0.1, -0.05) is 11.6 Å². The Kier molecular flexibility index (Phi) is 6.55. The van der Waals surface area contributed by atoms with E-state index in [0.29, 0.717) is 26.1 Å². The van der Waals surface area contributed by atoms with Gasteiger partial charge in [0.1, 0.15) is 0 Å². The number of amides is 1. The number of aromatic nitrogens is 1. The highest BCUT2D eigenvalue weighted by Crippen LogP contribution is 2.24. The highest BCUT2D eigenvalue weighted by molar-refractivity contribution is 6.34. The van der Waals surface area contributed by atoms with Gasteiger partial charge in [-0.3, -0.25) is 14.9 Å². The molecule has 1 aromatic carbocycles. The molecule has 2 aromatic rings. The Balaban J connectivity index is 2.24. The highest BCUT2D eigenvalue weighted by atomic mass is 35.5. The summed E-state index contributed by atoms with van der Waals surface area (Å²) < 4.78 is 7.00. The van der Waals surface area contributed by atoms with E-state index >= 15 is 0 Å². The number of hydrogen-bond acceptors (Lipinski definition) is 4. The maximum atomic E-state index is 12.9. The first-order chi connectivity index (χ1) is 11.9. The van der Waals surface area contributed by atoms with Crippen molar-refractivity contribution in [1.29, 1.82) is 0 Å². The van der Waals surface area contributed by atoms with Crippen LogP contribution in [0.5, 0.6) is 0 Å². The van der Waals surface area contributed by atoms with Crippen molar-refractivity contribution in [3.05, 3.63) is 62.9 Å². The molecule has 0 radical (unpaired) electrons. The molecule has 0 unspecified atom stereocenters. The molecule has 0 N–H and O–H groups in total. The van der Waals surface area contributed by atoms with Crippen molar-refractivity contribution in [2.24, 2.45) is 7.05 Å². The minimum Gasteiger partial charge on any atom is -0.385 e. The Labute approximate surface area is 150 Å². The second-order valence-corrected chi connectivity index (χ2v) is 6.01. The number of nitro benzene ring substituents is 1. The zero-order valence-corrected chi connectivity index (χ0v) is 14.9. The number of carbonyl (C=O) groups is 1.